The van der Waals surface area contributed by atoms with Crippen molar-refractivity contribution in [1.29, 1.82) is 0 Å². The molecule has 0 spiro atoms. The van der Waals surface area contributed by atoms with Gasteiger partial charge in [0.25, 0.3) is 0 Å². The number of urea groups is 1. The van der Waals surface area contributed by atoms with Crippen LogP contribution in [-0.2, 0) is 6.42 Å². The van der Waals surface area contributed by atoms with Gasteiger partial charge in [-0.25, -0.2) is 9.78 Å². The first-order valence-electron chi connectivity index (χ1n) is 6.37. The van der Waals surface area contributed by atoms with E-state index in [1.54, 1.807) is 6.07 Å². The molecule has 6 heteroatoms. The lowest BCUT2D eigenvalue weighted by Crippen LogP contribution is -2.36. The Balaban J connectivity index is 1.91. The number of aromatic nitrogens is 2. The second-order valence-electron chi connectivity index (χ2n) is 4.34. The van der Waals surface area contributed by atoms with Gasteiger partial charge in [-0.1, -0.05) is 6.92 Å². The fraction of sp³-hybridized carbons (Fsp3) is 0.385. The van der Waals surface area contributed by atoms with E-state index in [1.165, 1.54) is 6.20 Å². The van der Waals surface area contributed by atoms with Crippen molar-refractivity contribution in [2.75, 3.05) is 13.1 Å². The van der Waals surface area contributed by atoms with E-state index in [4.69, 9.17) is 0 Å². The largest absolute Gasteiger partial charge is 0.506 e. The molecule has 0 aliphatic carbocycles. The summed E-state index contributed by atoms with van der Waals surface area (Å²) in [5.41, 5.74) is 1.76. The van der Waals surface area contributed by atoms with Crippen LogP contribution in [0.3, 0.4) is 0 Å². The van der Waals surface area contributed by atoms with Crippen molar-refractivity contribution >= 4 is 17.1 Å². The number of carbonyl (C=O) groups is 1. The highest BCUT2D eigenvalue weighted by Gasteiger charge is 2.06. The Morgan fingerprint density at radius 3 is 3.00 bits per heavy atom. The summed E-state index contributed by atoms with van der Waals surface area (Å²) in [4.78, 5) is 18.5. The predicted molar refractivity (Wildman–Crippen MR) is 73.2 cm³/mol. The van der Waals surface area contributed by atoms with Crippen LogP contribution in [0.1, 0.15) is 18.9 Å². The van der Waals surface area contributed by atoms with Crippen molar-refractivity contribution in [2.45, 2.75) is 19.8 Å². The van der Waals surface area contributed by atoms with Crippen LogP contribution < -0.4 is 10.6 Å². The molecule has 0 aliphatic rings. The molecule has 2 heterocycles. The molecule has 0 bridgehead atoms. The zero-order chi connectivity index (χ0) is 13.7. The molecule has 0 aliphatic heterocycles. The van der Waals surface area contributed by atoms with E-state index in [2.05, 4.69) is 20.6 Å². The first-order chi connectivity index (χ1) is 9.20. The van der Waals surface area contributed by atoms with E-state index in [0.717, 1.165) is 23.0 Å². The third kappa shape index (κ3) is 3.37. The molecule has 19 heavy (non-hydrogen) atoms. The van der Waals surface area contributed by atoms with E-state index < -0.39 is 0 Å². The van der Waals surface area contributed by atoms with Crippen LogP contribution in [0.5, 0.6) is 5.75 Å². The van der Waals surface area contributed by atoms with Gasteiger partial charge in [-0.3, -0.25) is 0 Å². The first-order valence-corrected chi connectivity index (χ1v) is 6.37. The Kier molecular flexibility index (Phi) is 4.22. The summed E-state index contributed by atoms with van der Waals surface area (Å²) < 4.78 is 0. The van der Waals surface area contributed by atoms with E-state index >= 15 is 0 Å². The van der Waals surface area contributed by atoms with Gasteiger partial charge in [-0.2, -0.15) is 0 Å². The Morgan fingerprint density at radius 1 is 1.42 bits per heavy atom. The molecule has 2 aromatic heterocycles. The summed E-state index contributed by atoms with van der Waals surface area (Å²) in [5.74, 6) is 0.141. The second kappa shape index (κ2) is 6.08. The maximum atomic E-state index is 11.4. The lowest BCUT2D eigenvalue weighted by Gasteiger charge is -2.06. The average Bonchev–Trinajstić information content (AvgIpc) is 2.79. The number of aromatic hydroxyl groups is 1. The lowest BCUT2D eigenvalue weighted by atomic mass is 10.1. The highest BCUT2D eigenvalue weighted by Crippen LogP contribution is 2.20. The monoisotopic (exact) mass is 262 g/mol. The Labute approximate surface area is 111 Å². The van der Waals surface area contributed by atoms with Crippen molar-refractivity contribution in [3.63, 3.8) is 0 Å². The molecular formula is C13H18N4O2. The van der Waals surface area contributed by atoms with Crippen LogP contribution in [0.4, 0.5) is 4.79 Å². The quantitative estimate of drug-likeness (QED) is 0.658. The van der Waals surface area contributed by atoms with Gasteiger partial charge >= 0.3 is 6.03 Å². The minimum atomic E-state index is -0.150. The number of hydrogen-bond donors (Lipinski definition) is 4. The lowest BCUT2D eigenvalue weighted by molar-refractivity contribution is 0.241. The van der Waals surface area contributed by atoms with Crippen LogP contribution >= 0.6 is 0 Å². The highest BCUT2D eigenvalue weighted by molar-refractivity contribution is 5.81. The molecule has 0 aromatic carbocycles. The van der Waals surface area contributed by atoms with Gasteiger partial charge < -0.3 is 20.7 Å². The SMILES string of the molecule is CCCNC(=O)NCCc1c[nH]c2ncc(O)cc12. The first kappa shape index (κ1) is 13.2. The Morgan fingerprint density at radius 2 is 2.21 bits per heavy atom. The molecule has 4 N–H and O–H groups in total. The smallest absolute Gasteiger partial charge is 0.314 e. The van der Waals surface area contributed by atoms with Gasteiger partial charge in [0.05, 0.1) is 6.20 Å². The average molecular weight is 262 g/mol. The molecule has 2 aromatic rings. The van der Waals surface area contributed by atoms with Crippen molar-refractivity contribution < 1.29 is 9.90 Å². The number of carbonyl (C=O) groups excluding carboxylic acids is 1. The minimum Gasteiger partial charge on any atom is -0.506 e. The third-order valence-electron chi connectivity index (χ3n) is 2.82. The summed E-state index contributed by atoms with van der Waals surface area (Å²) in [7, 11) is 0. The standard InChI is InChI=1S/C13H18N4O2/c1-2-4-14-13(19)15-5-3-9-7-16-12-11(9)6-10(18)8-17-12/h6-8,18H,2-5H2,1H3,(H,16,17)(H2,14,15,19). The topological polar surface area (TPSA) is 90.0 Å². The number of pyridine rings is 1. The molecular weight excluding hydrogens is 244 g/mol. The van der Waals surface area contributed by atoms with Crippen molar-refractivity contribution in [2.24, 2.45) is 0 Å². The maximum absolute atomic E-state index is 11.4. The molecule has 0 saturated carbocycles. The number of rotatable bonds is 5. The maximum Gasteiger partial charge on any atom is 0.314 e. The Hall–Kier alpha value is -2.24. The van der Waals surface area contributed by atoms with E-state index in [9.17, 15) is 9.90 Å². The number of nitrogens with zero attached hydrogens (tertiary/aromatic N) is 1. The third-order valence-corrected chi connectivity index (χ3v) is 2.82. The molecule has 102 valence electrons. The Bertz CT molecular complexity index is 565. The van der Waals surface area contributed by atoms with Crippen molar-refractivity contribution in [1.82, 2.24) is 20.6 Å². The summed E-state index contributed by atoms with van der Waals surface area (Å²) in [5, 5.41) is 15.8. The molecule has 2 amide bonds. The molecule has 6 nitrogen and oxygen atoms in total. The van der Waals surface area contributed by atoms with Gasteiger partial charge in [0, 0.05) is 24.7 Å². The number of amides is 2. The zero-order valence-electron chi connectivity index (χ0n) is 10.9. The normalized spacial score (nSPS) is 10.6. The van der Waals surface area contributed by atoms with Crippen LogP contribution in [0, 0.1) is 0 Å². The highest BCUT2D eigenvalue weighted by atomic mass is 16.3. The second-order valence-corrected chi connectivity index (χ2v) is 4.34. The summed E-state index contributed by atoms with van der Waals surface area (Å²) in [6.45, 7) is 3.22. The zero-order valence-corrected chi connectivity index (χ0v) is 10.9. The minimum absolute atomic E-state index is 0.141. The van der Waals surface area contributed by atoms with Crippen molar-refractivity contribution in [3.8, 4) is 5.75 Å². The number of fused-ring (bicyclic) bond motifs is 1. The molecule has 0 fully saturated rings. The predicted octanol–water partition coefficient (Wildman–Crippen LogP) is 1.52. The van der Waals surface area contributed by atoms with Crippen LogP contribution in [0.2, 0.25) is 0 Å². The van der Waals surface area contributed by atoms with Crippen molar-refractivity contribution in [3.05, 3.63) is 24.0 Å². The molecule has 0 atom stereocenters. The summed E-state index contributed by atoms with van der Waals surface area (Å²) in [6.07, 6.45) is 4.85. The van der Waals surface area contributed by atoms with Gasteiger partial charge in [0.2, 0.25) is 0 Å². The van der Waals surface area contributed by atoms with Crippen LogP contribution in [-0.4, -0.2) is 34.2 Å². The van der Waals surface area contributed by atoms with Gasteiger partial charge in [0.15, 0.2) is 0 Å². The molecule has 2 rings (SSSR count). The van der Waals surface area contributed by atoms with Crippen LogP contribution in [0.15, 0.2) is 18.5 Å². The summed E-state index contributed by atoms with van der Waals surface area (Å²) >= 11 is 0. The molecule has 0 saturated heterocycles. The van der Waals surface area contributed by atoms with Gasteiger partial charge in [-0.05, 0) is 24.5 Å². The van der Waals surface area contributed by atoms with Crippen LogP contribution in [0.25, 0.3) is 11.0 Å². The number of nitrogens with one attached hydrogen (secondary N) is 3. The fourth-order valence-corrected chi connectivity index (χ4v) is 1.87. The number of hydrogen-bond acceptors (Lipinski definition) is 3. The van der Waals surface area contributed by atoms with E-state index in [0.29, 0.717) is 19.5 Å². The van der Waals surface area contributed by atoms with Gasteiger partial charge in [-0.15, -0.1) is 0 Å². The molecule has 0 radical (unpaired) electrons. The van der Waals surface area contributed by atoms with Gasteiger partial charge in [0.1, 0.15) is 11.4 Å². The fourth-order valence-electron chi connectivity index (χ4n) is 1.87. The van der Waals surface area contributed by atoms with E-state index in [-0.39, 0.29) is 11.8 Å². The molecule has 0 unspecified atom stereocenters. The number of H-pyrrole nitrogens is 1. The summed E-state index contributed by atoms with van der Waals surface area (Å²) in [6, 6.07) is 1.52. The number of aromatic amines is 1. The van der Waals surface area contributed by atoms with E-state index in [1.807, 2.05) is 13.1 Å².